The summed E-state index contributed by atoms with van der Waals surface area (Å²) >= 11 is 3.56. The van der Waals surface area contributed by atoms with Gasteiger partial charge in [0.25, 0.3) is 0 Å². The number of rotatable bonds is 3. The zero-order valence-electron chi connectivity index (χ0n) is 10.7. The first-order valence-electron chi connectivity index (χ1n) is 6.28. The zero-order valence-corrected chi connectivity index (χ0v) is 12.3. The molecule has 0 fully saturated rings. The molecule has 0 spiro atoms. The van der Waals surface area contributed by atoms with Gasteiger partial charge in [0.05, 0.1) is 0 Å². The lowest BCUT2D eigenvalue weighted by Gasteiger charge is -2.08. The molecule has 3 rings (SSSR count). The summed E-state index contributed by atoms with van der Waals surface area (Å²) in [7, 11) is 0. The van der Waals surface area contributed by atoms with Gasteiger partial charge in [-0.2, -0.15) is 0 Å². The fourth-order valence-corrected chi connectivity index (χ4v) is 2.50. The number of anilines is 1. The first-order chi connectivity index (χ1) is 9.22. The van der Waals surface area contributed by atoms with Gasteiger partial charge in [-0.3, -0.25) is 0 Å². The van der Waals surface area contributed by atoms with E-state index >= 15 is 0 Å². The van der Waals surface area contributed by atoms with Crippen molar-refractivity contribution in [1.82, 2.24) is 4.98 Å². The summed E-state index contributed by atoms with van der Waals surface area (Å²) in [5, 5.41) is 4.70. The Morgan fingerprint density at radius 2 is 2.00 bits per heavy atom. The highest BCUT2D eigenvalue weighted by atomic mass is 79.9. The molecule has 19 heavy (non-hydrogen) atoms. The smallest absolute Gasteiger partial charge is 0.0454 e. The summed E-state index contributed by atoms with van der Waals surface area (Å²) in [4.78, 5) is 3.21. The van der Waals surface area contributed by atoms with Crippen molar-refractivity contribution in [2.45, 2.75) is 13.5 Å². The number of hydrogen-bond donors (Lipinski definition) is 2. The number of nitrogens with one attached hydrogen (secondary N) is 2. The maximum atomic E-state index is 3.56. The minimum atomic E-state index is 0.830. The molecular formula is C16H15BrN2. The van der Waals surface area contributed by atoms with Gasteiger partial charge in [-0.15, -0.1) is 0 Å². The standard InChI is InChI=1S/C16H15BrN2/c1-11-2-4-14(9-15(11)17)19-10-12-3-5-16-13(8-12)6-7-18-16/h2-9,18-19H,10H2,1H3. The van der Waals surface area contributed by atoms with Gasteiger partial charge in [0.1, 0.15) is 0 Å². The van der Waals surface area contributed by atoms with Crippen LogP contribution in [-0.2, 0) is 6.54 Å². The molecule has 3 aromatic rings. The van der Waals surface area contributed by atoms with Gasteiger partial charge in [-0.25, -0.2) is 0 Å². The average Bonchev–Trinajstić information content (AvgIpc) is 2.87. The third-order valence-electron chi connectivity index (χ3n) is 3.29. The monoisotopic (exact) mass is 314 g/mol. The molecule has 0 unspecified atom stereocenters. The predicted octanol–water partition coefficient (Wildman–Crippen LogP) is 4.85. The molecule has 0 bridgehead atoms. The van der Waals surface area contributed by atoms with Crippen molar-refractivity contribution >= 4 is 32.5 Å². The van der Waals surface area contributed by atoms with Crippen molar-refractivity contribution in [3.8, 4) is 0 Å². The Morgan fingerprint density at radius 1 is 1.11 bits per heavy atom. The number of fused-ring (bicyclic) bond motifs is 1. The summed E-state index contributed by atoms with van der Waals surface area (Å²) in [5.41, 5.74) is 4.84. The molecule has 0 aliphatic carbocycles. The quantitative estimate of drug-likeness (QED) is 0.710. The minimum absolute atomic E-state index is 0.830. The lowest BCUT2D eigenvalue weighted by atomic mass is 10.1. The van der Waals surface area contributed by atoms with Gasteiger partial charge in [0.15, 0.2) is 0 Å². The zero-order chi connectivity index (χ0) is 13.2. The van der Waals surface area contributed by atoms with E-state index in [1.165, 1.54) is 22.0 Å². The van der Waals surface area contributed by atoms with Gasteiger partial charge in [-0.1, -0.05) is 28.1 Å². The normalized spacial score (nSPS) is 10.8. The van der Waals surface area contributed by atoms with E-state index < -0.39 is 0 Å². The Hall–Kier alpha value is -1.74. The third-order valence-corrected chi connectivity index (χ3v) is 4.14. The first kappa shape index (κ1) is 12.3. The highest BCUT2D eigenvalue weighted by molar-refractivity contribution is 9.10. The van der Waals surface area contributed by atoms with Crippen molar-refractivity contribution in [1.29, 1.82) is 0 Å². The van der Waals surface area contributed by atoms with Gasteiger partial charge in [-0.05, 0) is 53.8 Å². The highest BCUT2D eigenvalue weighted by Crippen LogP contribution is 2.21. The molecule has 2 nitrogen and oxygen atoms in total. The first-order valence-corrected chi connectivity index (χ1v) is 7.08. The van der Waals surface area contributed by atoms with Crippen molar-refractivity contribution in [2.75, 3.05) is 5.32 Å². The average molecular weight is 315 g/mol. The molecular weight excluding hydrogens is 300 g/mol. The molecule has 1 heterocycles. The van der Waals surface area contributed by atoms with Gasteiger partial charge >= 0.3 is 0 Å². The molecule has 3 heteroatoms. The summed E-state index contributed by atoms with van der Waals surface area (Å²) < 4.78 is 1.14. The third kappa shape index (κ3) is 2.66. The highest BCUT2D eigenvalue weighted by Gasteiger charge is 1.99. The SMILES string of the molecule is Cc1ccc(NCc2ccc3[nH]ccc3c2)cc1Br. The molecule has 0 aliphatic rings. The molecule has 2 N–H and O–H groups in total. The van der Waals surface area contributed by atoms with Crippen LogP contribution in [0.25, 0.3) is 10.9 Å². The Kier molecular flexibility index (Phi) is 3.30. The van der Waals surface area contributed by atoms with Crippen LogP contribution in [0.4, 0.5) is 5.69 Å². The Morgan fingerprint density at radius 3 is 2.84 bits per heavy atom. The van der Waals surface area contributed by atoms with Crippen LogP contribution in [0, 0.1) is 6.92 Å². The summed E-state index contributed by atoms with van der Waals surface area (Å²) in [5.74, 6) is 0. The fourth-order valence-electron chi connectivity index (χ4n) is 2.12. The maximum Gasteiger partial charge on any atom is 0.0454 e. The molecule has 0 saturated carbocycles. The second kappa shape index (κ2) is 5.10. The molecule has 0 saturated heterocycles. The molecule has 2 aromatic carbocycles. The number of aromatic nitrogens is 1. The van der Waals surface area contributed by atoms with Gasteiger partial charge in [0, 0.05) is 28.4 Å². The van der Waals surface area contributed by atoms with Crippen LogP contribution in [0.3, 0.4) is 0 Å². The van der Waals surface area contributed by atoms with Crippen LogP contribution >= 0.6 is 15.9 Å². The van der Waals surface area contributed by atoms with E-state index in [0.29, 0.717) is 0 Å². The van der Waals surface area contributed by atoms with Crippen LogP contribution in [-0.4, -0.2) is 4.98 Å². The van der Waals surface area contributed by atoms with Gasteiger partial charge < -0.3 is 10.3 Å². The second-order valence-corrected chi connectivity index (χ2v) is 5.57. The number of benzene rings is 2. The van der Waals surface area contributed by atoms with Crippen molar-refractivity contribution in [3.05, 3.63) is 64.3 Å². The van der Waals surface area contributed by atoms with E-state index in [9.17, 15) is 0 Å². The van der Waals surface area contributed by atoms with Crippen LogP contribution in [0.2, 0.25) is 0 Å². The van der Waals surface area contributed by atoms with E-state index in [4.69, 9.17) is 0 Å². The maximum absolute atomic E-state index is 3.56. The van der Waals surface area contributed by atoms with Crippen molar-refractivity contribution in [3.63, 3.8) is 0 Å². The van der Waals surface area contributed by atoms with E-state index in [1.807, 2.05) is 6.20 Å². The van der Waals surface area contributed by atoms with E-state index in [1.54, 1.807) is 0 Å². The summed E-state index contributed by atoms with van der Waals surface area (Å²) in [6.07, 6.45) is 1.97. The molecule has 96 valence electrons. The Bertz CT molecular complexity index is 716. The molecule has 0 aliphatic heterocycles. The van der Waals surface area contributed by atoms with Crippen LogP contribution in [0.1, 0.15) is 11.1 Å². The number of aromatic amines is 1. The Labute approximate surface area is 121 Å². The number of hydrogen-bond acceptors (Lipinski definition) is 1. The van der Waals surface area contributed by atoms with E-state index in [-0.39, 0.29) is 0 Å². The Balaban J connectivity index is 1.75. The fraction of sp³-hybridized carbons (Fsp3) is 0.125. The number of halogens is 1. The lowest BCUT2D eigenvalue weighted by molar-refractivity contribution is 1.15. The number of H-pyrrole nitrogens is 1. The van der Waals surface area contributed by atoms with Crippen LogP contribution in [0.15, 0.2) is 53.1 Å². The van der Waals surface area contributed by atoms with Crippen LogP contribution < -0.4 is 5.32 Å². The largest absolute Gasteiger partial charge is 0.381 e. The molecule has 0 radical (unpaired) electrons. The van der Waals surface area contributed by atoms with Crippen LogP contribution in [0.5, 0.6) is 0 Å². The van der Waals surface area contributed by atoms with E-state index in [0.717, 1.165) is 16.7 Å². The van der Waals surface area contributed by atoms with Gasteiger partial charge in [0.2, 0.25) is 0 Å². The van der Waals surface area contributed by atoms with E-state index in [2.05, 4.69) is 75.6 Å². The second-order valence-electron chi connectivity index (χ2n) is 4.72. The number of aryl methyl sites for hydroxylation is 1. The predicted molar refractivity (Wildman–Crippen MR) is 84.5 cm³/mol. The lowest BCUT2D eigenvalue weighted by Crippen LogP contribution is -1.99. The van der Waals surface area contributed by atoms with Crippen molar-refractivity contribution < 1.29 is 0 Å². The summed E-state index contributed by atoms with van der Waals surface area (Å²) in [6, 6.07) is 14.9. The molecule has 0 atom stereocenters. The summed E-state index contributed by atoms with van der Waals surface area (Å²) in [6.45, 7) is 2.92. The topological polar surface area (TPSA) is 27.8 Å². The molecule has 0 amide bonds. The minimum Gasteiger partial charge on any atom is -0.381 e. The van der Waals surface area contributed by atoms with Crippen molar-refractivity contribution in [2.24, 2.45) is 0 Å². The molecule has 1 aromatic heterocycles.